The Kier molecular flexibility index (Phi) is 6.84. The van der Waals surface area contributed by atoms with Crippen molar-refractivity contribution in [3.8, 4) is 0 Å². The van der Waals surface area contributed by atoms with Crippen LogP contribution < -0.4 is 10.4 Å². The number of anilines is 1. The van der Waals surface area contributed by atoms with E-state index in [1.807, 2.05) is 0 Å². The van der Waals surface area contributed by atoms with Crippen molar-refractivity contribution < 1.29 is 18.9 Å². The molecule has 164 valence electrons. The maximum atomic E-state index is 13.3. The van der Waals surface area contributed by atoms with Crippen molar-refractivity contribution in [3.63, 3.8) is 0 Å². The molecule has 1 atom stereocenters. The summed E-state index contributed by atoms with van der Waals surface area (Å²) in [6.07, 6.45) is 1.46. The van der Waals surface area contributed by atoms with Gasteiger partial charge in [0.1, 0.15) is 11.6 Å². The average Bonchev–Trinajstić information content (AvgIpc) is 3.00. The quantitative estimate of drug-likeness (QED) is 0.664. The molecule has 0 unspecified atom stereocenters. The lowest BCUT2D eigenvalue weighted by Crippen LogP contribution is -2.59. The molecule has 1 aliphatic rings. The summed E-state index contributed by atoms with van der Waals surface area (Å²) in [4.78, 5) is 25.6. The molecule has 0 fully saturated rings. The highest BCUT2D eigenvalue weighted by molar-refractivity contribution is 6.77. The molecule has 2 rings (SSSR count). The Morgan fingerprint density at radius 2 is 1.76 bits per heavy atom. The molecule has 29 heavy (non-hydrogen) atoms. The first kappa shape index (κ1) is 23.4. The van der Waals surface area contributed by atoms with Crippen LogP contribution in [0.15, 0.2) is 6.20 Å². The number of nitrogens with zero attached hydrogens (tertiary/aromatic N) is 2. The Hall–Kier alpha value is -1.87. The van der Waals surface area contributed by atoms with Crippen LogP contribution in [0.1, 0.15) is 67.9 Å². The van der Waals surface area contributed by atoms with Crippen LogP contribution >= 0.6 is 0 Å². The number of hydroxylamine groups is 1. The summed E-state index contributed by atoms with van der Waals surface area (Å²) in [5.41, 5.74) is 1.05. The molecule has 1 aromatic rings. The largest absolute Gasteiger partial charge is 0.444 e. The van der Waals surface area contributed by atoms with Gasteiger partial charge in [-0.05, 0) is 37.4 Å². The third-order valence-corrected chi connectivity index (χ3v) is 11.4. The lowest BCUT2D eigenvalue weighted by atomic mass is 10.0. The highest BCUT2D eigenvalue weighted by Crippen LogP contribution is 2.44. The third-order valence-electron chi connectivity index (χ3n) is 5.46. The van der Waals surface area contributed by atoms with E-state index in [9.17, 15) is 9.59 Å². The predicted molar refractivity (Wildman–Crippen MR) is 115 cm³/mol. The smallest absolute Gasteiger partial charge is 0.408 e. The minimum absolute atomic E-state index is 0.289. The number of amides is 2. The molecule has 0 aliphatic carbocycles. The van der Waals surface area contributed by atoms with Crippen LogP contribution in [0, 0.1) is 0 Å². The molecular weight excluding hydrogens is 388 g/mol. The van der Waals surface area contributed by atoms with E-state index >= 15 is 0 Å². The maximum absolute atomic E-state index is 13.3. The Bertz CT molecular complexity index is 717. The van der Waals surface area contributed by atoms with Crippen LogP contribution in [-0.4, -0.2) is 42.2 Å². The number of alkyl carbamates (subject to hydrolysis) is 1. The fourth-order valence-electron chi connectivity index (χ4n) is 4.31. The molecule has 0 saturated carbocycles. The number of carbonyl (C=O) groups excluding carboxylic acids is 2. The van der Waals surface area contributed by atoms with E-state index in [0.717, 1.165) is 5.56 Å². The first-order valence-electron chi connectivity index (χ1n) is 10.3. The first-order chi connectivity index (χ1) is 13.3. The minimum atomic E-state index is -2.40. The van der Waals surface area contributed by atoms with Gasteiger partial charge >= 0.3 is 6.09 Å². The van der Waals surface area contributed by atoms with Crippen molar-refractivity contribution in [3.05, 3.63) is 11.8 Å². The second-order valence-corrected chi connectivity index (χ2v) is 15.0. The predicted octanol–water partition coefficient (Wildman–Crippen LogP) is 4.30. The summed E-state index contributed by atoms with van der Waals surface area (Å²) >= 11 is 0. The molecule has 2 N–H and O–H groups in total. The van der Waals surface area contributed by atoms with Gasteiger partial charge in [-0.15, -0.1) is 0 Å². The minimum Gasteiger partial charge on any atom is -0.444 e. The SMILES string of the molecule is CC(C)[Si](ON1C(=O)[C@@H](NC(=O)OC(C)(C)C)Cc2c[nH]nc21)(C(C)C)C(C)C. The van der Waals surface area contributed by atoms with E-state index in [1.54, 1.807) is 27.0 Å². The molecule has 2 amide bonds. The van der Waals surface area contributed by atoms with E-state index in [-0.39, 0.29) is 22.5 Å². The third kappa shape index (κ3) is 4.83. The van der Waals surface area contributed by atoms with E-state index in [1.165, 1.54) is 5.06 Å². The van der Waals surface area contributed by atoms with Gasteiger partial charge in [0.2, 0.25) is 8.32 Å². The van der Waals surface area contributed by atoms with Gasteiger partial charge in [-0.1, -0.05) is 41.5 Å². The van der Waals surface area contributed by atoms with Crippen LogP contribution in [-0.2, 0) is 20.5 Å². The number of hydrogen-bond donors (Lipinski definition) is 2. The summed E-state index contributed by atoms with van der Waals surface area (Å²) in [6, 6.07) is -0.770. The maximum Gasteiger partial charge on any atom is 0.408 e. The lowest BCUT2D eigenvalue weighted by molar-refractivity contribution is -0.125. The number of carbonyl (C=O) groups is 2. The van der Waals surface area contributed by atoms with E-state index in [2.05, 4.69) is 57.1 Å². The Morgan fingerprint density at radius 1 is 1.21 bits per heavy atom. The molecular formula is C20H36N4O4Si. The Balaban J connectivity index is 2.36. The number of ether oxygens (including phenoxy) is 1. The summed E-state index contributed by atoms with van der Waals surface area (Å²) in [5, 5.41) is 11.1. The lowest BCUT2D eigenvalue weighted by Gasteiger charge is -2.45. The van der Waals surface area contributed by atoms with E-state index in [4.69, 9.17) is 9.26 Å². The number of H-pyrrole nitrogens is 1. The fraction of sp³-hybridized carbons (Fsp3) is 0.750. The monoisotopic (exact) mass is 424 g/mol. The van der Waals surface area contributed by atoms with Crippen molar-refractivity contribution in [2.45, 2.75) is 97.0 Å². The first-order valence-corrected chi connectivity index (χ1v) is 12.5. The summed E-state index contributed by atoms with van der Waals surface area (Å²) in [5.74, 6) is 0.158. The average molecular weight is 425 g/mol. The molecule has 2 heterocycles. The molecule has 0 aromatic carbocycles. The number of nitrogens with one attached hydrogen (secondary N) is 2. The standard InChI is InChI=1S/C20H36N4O4Si/c1-12(2)29(13(3)4,14(5)6)28-24-17-15(11-21-23-17)10-16(18(24)25)22-19(26)27-20(7,8)9/h11-14,16H,10H2,1-9H3,(H,21,23)(H,22,26)/t16-/m0/s1. The summed E-state index contributed by atoms with van der Waals surface area (Å²) in [6.45, 7) is 18.3. The van der Waals surface area contributed by atoms with Gasteiger partial charge < -0.3 is 14.6 Å². The van der Waals surface area contributed by atoms with Gasteiger partial charge in [-0.3, -0.25) is 9.89 Å². The fourth-order valence-corrected chi connectivity index (χ4v) is 9.44. The summed E-state index contributed by atoms with van der Waals surface area (Å²) < 4.78 is 12.0. The highest BCUT2D eigenvalue weighted by atomic mass is 28.4. The van der Waals surface area contributed by atoms with Crippen molar-refractivity contribution in [1.82, 2.24) is 15.5 Å². The van der Waals surface area contributed by atoms with Crippen molar-refractivity contribution in [1.29, 1.82) is 0 Å². The topological polar surface area (TPSA) is 96.5 Å². The highest BCUT2D eigenvalue weighted by Gasteiger charge is 2.50. The molecule has 0 saturated heterocycles. The van der Waals surface area contributed by atoms with Crippen LogP contribution in [0.25, 0.3) is 0 Å². The van der Waals surface area contributed by atoms with Gasteiger partial charge in [-0.2, -0.15) is 10.2 Å². The van der Waals surface area contributed by atoms with Crippen molar-refractivity contribution in [2.24, 2.45) is 0 Å². The van der Waals surface area contributed by atoms with Gasteiger partial charge in [0, 0.05) is 18.2 Å². The molecule has 9 heteroatoms. The molecule has 8 nitrogen and oxygen atoms in total. The van der Waals surface area contributed by atoms with Gasteiger partial charge in [0.25, 0.3) is 5.91 Å². The second kappa shape index (κ2) is 8.47. The van der Waals surface area contributed by atoms with Gasteiger partial charge in [0.15, 0.2) is 5.82 Å². The van der Waals surface area contributed by atoms with Gasteiger partial charge in [0.05, 0.1) is 0 Å². The van der Waals surface area contributed by atoms with Crippen molar-refractivity contribution in [2.75, 3.05) is 5.06 Å². The molecule has 0 bridgehead atoms. The van der Waals surface area contributed by atoms with Crippen LogP contribution in [0.5, 0.6) is 0 Å². The number of aromatic nitrogens is 2. The number of rotatable bonds is 6. The number of aromatic amines is 1. The van der Waals surface area contributed by atoms with Gasteiger partial charge in [-0.25, -0.2) is 4.79 Å². The summed E-state index contributed by atoms with van der Waals surface area (Å²) in [7, 11) is -2.40. The Morgan fingerprint density at radius 3 is 2.24 bits per heavy atom. The molecule has 0 radical (unpaired) electrons. The van der Waals surface area contributed by atoms with Crippen molar-refractivity contribution >= 4 is 26.1 Å². The molecule has 1 aliphatic heterocycles. The zero-order valence-electron chi connectivity index (χ0n) is 19.1. The number of fused-ring (bicyclic) bond motifs is 1. The van der Waals surface area contributed by atoms with Crippen LogP contribution in [0.4, 0.5) is 10.6 Å². The zero-order valence-corrected chi connectivity index (χ0v) is 20.1. The van der Waals surface area contributed by atoms with E-state index in [0.29, 0.717) is 12.2 Å². The second-order valence-electron chi connectivity index (χ2n) is 9.68. The van der Waals surface area contributed by atoms with E-state index < -0.39 is 26.1 Å². The normalized spacial score (nSPS) is 17.9. The zero-order chi connectivity index (χ0) is 22.1. The number of hydrogen-bond acceptors (Lipinski definition) is 5. The van der Waals surface area contributed by atoms with Crippen LogP contribution in [0.3, 0.4) is 0 Å². The molecule has 0 spiro atoms. The molecule has 1 aromatic heterocycles. The van der Waals surface area contributed by atoms with Crippen LogP contribution in [0.2, 0.25) is 16.6 Å². The Labute approximate surface area is 174 Å².